The van der Waals surface area contributed by atoms with Gasteiger partial charge in [0.05, 0.1) is 23.1 Å². The molecule has 3 rings (SSSR count). The third kappa shape index (κ3) is 3.24. The van der Waals surface area contributed by atoms with Gasteiger partial charge in [-0.05, 0) is 43.9 Å². The van der Waals surface area contributed by atoms with E-state index in [1.54, 1.807) is 12.1 Å². The predicted molar refractivity (Wildman–Crippen MR) is 89.6 cm³/mol. The molecular formula is C18H19N3O2. The van der Waals surface area contributed by atoms with Crippen LogP contribution in [0.1, 0.15) is 21.7 Å². The topological polar surface area (TPSA) is 58.4 Å². The second-order valence-corrected chi connectivity index (χ2v) is 5.84. The Balaban J connectivity index is 1.98. The Hall–Kier alpha value is -2.66. The van der Waals surface area contributed by atoms with Gasteiger partial charge in [-0.15, -0.1) is 0 Å². The van der Waals surface area contributed by atoms with Crippen LogP contribution in [-0.2, 0) is 13.1 Å². The molecule has 0 amide bonds. The summed E-state index contributed by atoms with van der Waals surface area (Å²) >= 11 is 0. The van der Waals surface area contributed by atoms with Crippen molar-refractivity contribution in [2.24, 2.45) is 0 Å². The fourth-order valence-corrected chi connectivity index (χ4v) is 2.64. The number of nitrogens with zero attached hydrogens (tertiary/aromatic N) is 3. The maximum atomic E-state index is 11.0. The Morgan fingerprint density at radius 3 is 2.48 bits per heavy atom. The molecule has 0 fully saturated rings. The van der Waals surface area contributed by atoms with Crippen LogP contribution in [0.4, 0.5) is 0 Å². The standard InChI is InChI=1S/C18H19N3O2/c1-20(2)12-17-19-15-5-3-4-6-16(15)21(17)11-13-7-9-14(10-8-13)18(22)23/h3-10H,11-12H2,1-2H3,(H,22,23). The second kappa shape index (κ2) is 6.22. The fourth-order valence-electron chi connectivity index (χ4n) is 2.64. The summed E-state index contributed by atoms with van der Waals surface area (Å²) < 4.78 is 2.19. The van der Waals surface area contributed by atoms with Crippen molar-refractivity contribution in [3.05, 3.63) is 65.5 Å². The summed E-state index contributed by atoms with van der Waals surface area (Å²) in [5.74, 6) is 0.0939. The van der Waals surface area contributed by atoms with E-state index in [4.69, 9.17) is 10.1 Å². The first-order valence-electron chi connectivity index (χ1n) is 7.45. The van der Waals surface area contributed by atoms with E-state index >= 15 is 0 Å². The summed E-state index contributed by atoms with van der Waals surface area (Å²) in [5, 5.41) is 9.00. The number of carbonyl (C=O) groups is 1. The zero-order chi connectivity index (χ0) is 16.4. The maximum absolute atomic E-state index is 11.0. The van der Waals surface area contributed by atoms with E-state index in [-0.39, 0.29) is 0 Å². The molecule has 118 valence electrons. The SMILES string of the molecule is CN(C)Cc1nc2ccccc2n1Cc1ccc(C(=O)O)cc1. The van der Waals surface area contributed by atoms with Gasteiger partial charge >= 0.3 is 5.97 Å². The van der Waals surface area contributed by atoms with Crippen LogP contribution < -0.4 is 0 Å². The van der Waals surface area contributed by atoms with Crippen LogP contribution in [0.2, 0.25) is 0 Å². The number of carboxylic acids is 1. The van der Waals surface area contributed by atoms with Gasteiger partial charge in [-0.3, -0.25) is 0 Å². The highest BCUT2D eigenvalue weighted by Gasteiger charge is 2.12. The molecule has 1 heterocycles. The molecule has 23 heavy (non-hydrogen) atoms. The fraction of sp³-hybridized carbons (Fsp3) is 0.222. The van der Waals surface area contributed by atoms with Crippen molar-refractivity contribution >= 4 is 17.0 Å². The summed E-state index contributed by atoms with van der Waals surface area (Å²) in [6, 6.07) is 15.1. The third-order valence-electron chi connectivity index (χ3n) is 3.73. The molecule has 0 unspecified atom stereocenters. The van der Waals surface area contributed by atoms with Crippen molar-refractivity contribution < 1.29 is 9.90 Å². The third-order valence-corrected chi connectivity index (χ3v) is 3.73. The maximum Gasteiger partial charge on any atom is 0.335 e. The lowest BCUT2D eigenvalue weighted by atomic mass is 10.1. The number of fused-ring (bicyclic) bond motifs is 1. The first-order chi connectivity index (χ1) is 11.0. The van der Waals surface area contributed by atoms with Crippen molar-refractivity contribution in [3.8, 4) is 0 Å². The molecule has 5 heteroatoms. The van der Waals surface area contributed by atoms with Crippen LogP contribution in [-0.4, -0.2) is 39.6 Å². The molecule has 0 atom stereocenters. The van der Waals surface area contributed by atoms with E-state index in [0.717, 1.165) is 29.0 Å². The van der Waals surface area contributed by atoms with Crippen molar-refractivity contribution in [1.82, 2.24) is 14.5 Å². The van der Waals surface area contributed by atoms with Crippen molar-refractivity contribution in [2.45, 2.75) is 13.1 Å². The van der Waals surface area contributed by atoms with Gasteiger partial charge in [-0.25, -0.2) is 9.78 Å². The summed E-state index contributed by atoms with van der Waals surface area (Å²) in [4.78, 5) is 17.8. The molecule has 0 radical (unpaired) electrons. The lowest BCUT2D eigenvalue weighted by Crippen LogP contribution is -2.16. The van der Waals surface area contributed by atoms with Gasteiger partial charge in [0.15, 0.2) is 0 Å². The highest BCUT2D eigenvalue weighted by atomic mass is 16.4. The smallest absolute Gasteiger partial charge is 0.335 e. The lowest BCUT2D eigenvalue weighted by Gasteiger charge is -2.13. The number of imidazole rings is 1. The number of rotatable bonds is 5. The Kier molecular flexibility index (Phi) is 4.12. The molecule has 1 N–H and O–H groups in total. The molecule has 0 aliphatic heterocycles. The number of para-hydroxylation sites is 2. The van der Waals surface area contributed by atoms with Gasteiger partial charge in [0.25, 0.3) is 0 Å². The molecule has 5 nitrogen and oxygen atoms in total. The first-order valence-corrected chi connectivity index (χ1v) is 7.45. The van der Waals surface area contributed by atoms with Gasteiger partial charge in [-0.1, -0.05) is 24.3 Å². The minimum Gasteiger partial charge on any atom is -0.478 e. The van der Waals surface area contributed by atoms with Gasteiger partial charge in [-0.2, -0.15) is 0 Å². The number of aromatic nitrogens is 2. The first kappa shape index (κ1) is 15.2. The average molecular weight is 309 g/mol. The number of benzene rings is 2. The zero-order valence-corrected chi connectivity index (χ0v) is 13.2. The average Bonchev–Trinajstić information content (AvgIpc) is 2.85. The Labute approximate surface area is 134 Å². The molecule has 0 saturated carbocycles. The van der Waals surface area contributed by atoms with E-state index in [1.165, 1.54) is 0 Å². The minimum atomic E-state index is -0.905. The number of aromatic carboxylic acids is 1. The second-order valence-electron chi connectivity index (χ2n) is 5.84. The molecule has 0 bridgehead atoms. The Morgan fingerprint density at radius 1 is 1.13 bits per heavy atom. The normalized spacial score (nSPS) is 11.3. The van der Waals surface area contributed by atoms with Crippen molar-refractivity contribution in [1.29, 1.82) is 0 Å². The summed E-state index contributed by atoms with van der Waals surface area (Å²) in [6.07, 6.45) is 0. The lowest BCUT2D eigenvalue weighted by molar-refractivity contribution is 0.0697. The van der Waals surface area contributed by atoms with E-state index in [0.29, 0.717) is 12.1 Å². The zero-order valence-electron chi connectivity index (χ0n) is 13.2. The molecule has 0 spiro atoms. The van der Waals surface area contributed by atoms with Crippen LogP contribution in [0.25, 0.3) is 11.0 Å². The molecule has 1 aromatic heterocycles. The summed E-state index contributed by atoms with van der Waals surface area (Å²) in [6.45, 7) is 1.42. The van der Waals surface area contributed by atoms with Crippen LogP contribution in [0, 0.1) is 0 Å². The molecular weight excluding hydrogens is 290 g/mol. The molecule has 0 saturated heterocycles. The molecule has 2 aromatic carbocycles. The van der Waals surface area contributed by atoms with Gasteiger partial charge in [0.2, 0.25) is 0 Å². The Morgan fingerprint density at radius 2 is 1.83 bits per heavy atom. The monoisotopic (exact) mass is 309 g/mol. The summed E-state index contributed by atoms with van der Waals surface area (Å²) in [7, 11) is 4.04. The van der Waals surface area contributed by atoms with Gasteiger partial charge in [0, 0.05) is 6.54 Å². The largest absolute Gasteiger partial charge is 0.478 e. The van der Waals surface area contributed by atoms with Crippen LogP contribution >= 0.6 is 0 Å². The minimum absolute atomic E-state index is 0.303. The van der Waals surface area contributed by atoms with Gasteiger partial charge < -0.3 is 14.6 Å². The van der Waals surface area contributed by atoms with Crippen LogP contribution in [0.5, 0.6) is 0 Å². The predicted octanol–water partition coefficient (Wildman–Crippen LogP) is 2.84. The molecule has 0 aliphatic carbocycles. The van der Waals surface area contributed by atoms with Crippen LogP contribution in [0.3, 0.4) is 0 Å². The molecule has 0 aliphatic rings. The van der Waals surface area contributed by atoms with E-state index in [9.17, 15) is 4.79 Å². The van der Waals surface area contributed by atoms with Crippen molar-refractivity contribution in [2.75, 3.05) is 14.1 Å². The Bertz CT molecular complexity index is 835. The van der Waals surface area contributed by atoms with E-state index < -0.39 is 5.97 Å². The number of hydrogen-bond donors (Lipinski definition) is 1. The highest BCUT2D eigenvalue weighted by Crippen LogP contribution is 2.19. The number of carboxylic acid groups (broad SMARTS) is 1. The molecule has 3 aromatic rings. The van der Waals surface area contributed by atoms with E-state index in [1.807, 2.05) is 44.4 Å². The van der Waals surface area contributed by atoms with Crippen molar-refractivity contribution in [3.63, 3.8) is 0 Å². The highest BCUT2D eigenvalue weighted by molar-refractivity contribution is 5.87. The van der Waals surface area contributed by atoms with Crippen LogP contribution in [0.15, 0.2) is 48.5 Å². The van der Waals surface area contributed by atoms with Gasteiger partial charge in [0.1, 0.15) is 5.82 Å². The van der Waals surface area contributed by atoms with E-state index in [2.05, 4.69) is 15.5 Å². The summed E-state index contributed by atoms with van der Waals surface area (Å²) in [5.41, 5.74) is 3.43. The quantitative estimate of drug-likeness (QED) is 0.787. The number of hydrogen-bond acceptors (Lipinski definition) is 3.